The second kappa shape index (κ2) is 3.56. The SMILES string of the molecule is CC(C)N1CCC[C@H]1B(O)O. The van der Waals surface area contributed by atoms with E-state index in [1.54, 1.807) is 0 Å². The molecule has 0 aromatic rings. The van der Waals surface area contributed by atoms with Crippen LogP contribution in [0.1, 0.15) is 26.7 Å². The third-order valence-corrected chi connectivity index (χ3v) is 2.35. The van der Waals surface area contributed by atoms with Crippen molar-refractivity contribution in [2.24, 2.45) is 0 Å². The van der Waals surface area contributed by atoms with Gasteiger partial charge < -0.3 is 10.0 Å². The van der Waals surface area contributed by atoms with E-state index in [1.807, 2.05) is 0 Å². The van der Waals surface area contributed by atoms with Crippen LogP contribution in [0.3, 0.4) is 0 Å². The molecule has 0 spiro atoms. The molecule has 1 aliphatic heterocycles. The maximum Gasteiger partial charge on any atom is 0.469 e. The monoisotopic (exact) mass is 157 g/mol. The van der Waals surface area contributed by atoms with Crippen LogP contribution in [0.25, 0.3) is 0 Å². The van der Waals surface area contributed by atoms with Gasteiger partial charge >= 0.3 is 7.12 Å². The van der Waals surface area contributed by atoms with Gasteiger partial charge in [-0.1, -0.05) is 0 Å². The molecule has 1 fully saturated rings. The number of nitrogens with zero attached hydrogens (tertiary/aromatic N) is 1. The summed E-state index contributed by atoms with van der Waals surface area (Å²) >= 11 is 0. The lowest BCUT2D eigenvalue weighted by molar-refractivity contribution is 0.215. The highest BCUT2D eigenvalue weighted by Gasteiger charge is 2.34. The predicted octanol–water partition coefficient (Wildman–Crippen LogP) is -0.129. The lowest BCUT2D eigenvalue weighted by Crippen LogP contribution is -2.45. The van der Waals surface area contributed by atoms with Crippen LogP contribution in [0.5, 0.6) is 0 Å². The van der Waals surface area contributed by atoms with Crippen LogP contribution in [0.15, 0.2) is 0 Å². The molecule has 0 amide bonds. The number of rotatable bonds is 2. The molecule has 1 heterocycles. The van der Waals surface area contributed by atoms with E-state index in [-0.39, 0.29) is 5.94 Å². The summed E-state index contributed by atoms with van der Waals surface area (Å²) in [6, 6.07) is 0.421. The first-order chi connectivity index (χ1) is 5.13. The number of likely N-dealkylation sites (tertiary alicyclic amines) is 1. The Bertz CT molecular complexity index is 116. The molecular weight excluding hydrogens is 141 g/mol. The van der Waals surface area contributed by atoms with Gasteiger partial charge in [0.2, 0.25) is 0 Å². The Balaban J connectivity index is 2.51. The second-order valence-electron chi connectivity index (χ2n) is 3.45. The van der Waals surface area contributed by atoms with Crippen molar-refractivity contribution in [1.82, 2.24) is 4.90 Å². The highest BCUT2D eigenvalue weighted by molar-refractivity contribution is 6.43. The van der Waals surface area contributed by atoms with Gasteiger partial charge in [0.1, 0.15) is 0 Å². The molecular formula is C7H16BNO2. The highest BCUT2D eigenvalue weighted by atomic mass is 16.4. The largest absolute Gasteiger partial charge is 0.469 e. The van der Waals surface area contributed by atoms with Gasteiger partial charge in [0, 0.05) is 12.0 Å². The molecule has 2 N–H and O–H groups in total. The second-order valence-corrected chi connectivity index (χ2v) is 3.45. The fraction of sp³-hybridized carbons (Fsp3) is 1.00. The smallest absolute Gasteiger partial charge is 0.426 e. The summed E-state index contributed by atoms with van der Waals surface area (Å²) in [5.41, 5.74) is 0. The van der Waals surface area contributed by atoms with Crippen molar-refractivity contribution in [2.45, 2.75) is 38.7 Å². The van der Waals surface area contributed by atoms with Gasteiger partial charge in [0.25, 0.3) is 0 Å². The van der Waals surface area contributed by atoms with Gasteiger partial charge in [-0.15, -0.1) is 0 Å². The van der Waals surface area contributed by atoms with Crippen molar-refractivity contribution in [1.29, 1.82) is 0 Å². The van der Waals surface area contributed by atoms with Crippen LogP contribution in [-0.2, 0) is 0 Å². The summed E-state index contributed by atoms with van der Waals surface area (Å²) in [5, 5.41) is 18.0. The molecule has 0 unspecified atom stereocenters. The van der Waals surface area contributed by atoms with Crippen molar-refractivity contribution in [2.75, 3.05) is 6.54 Å². The molecule has 1 aliphatic rings. The van der Waals surface area contributed by atoms with E-state index in [2.05, 4.69) is 18.7 Å². The van der Waals surface area contributed by atoms with Crippen molar-refractivity contribution in [3.05, 3.63) is 0 Å². The summed E-state index contributed by atoms with van der Waals surface area (Å²) in [4.78, 5) is 2.14. The van der Waals surface area contributed by atoms with Gasteiger partial charge in [0.05, 0.1) is 0 Å². The molecule has 3 nitrogen and oxygen atoms in total. The fourth-order valence-electron chi connectivity index (χ4n) is 1.78. The van der Waals surface area contributed by atoms with E-state index in [9.17, 15) is 0 Å². The summed E-state index contributed by atoms with van der Waals surface area (Å²) < 4.78 is 0. The summed E-state index contributed by atoms with van der Waals surface area (Å²) in [6.07, 6.45) is 2.00. The first kappa shape index (κ1) is 9.04. The van der Waals surface area contributed by atoms with Crippen LogP contribution in [0, 0.1) is 0 Å². The molecule has 1 rings (SSSR count). The number of hydrogen-bond acceptors (Lipinski definition) is 3. The first-order valence-corrected chi connectivity index (χ1v) is 4.25. The Morgan fingerprint density at radius 3 is 2.45 bits per heavy atom. The average molecular weight is 157 g/mol. The van der Waals surface area contributed by atoms with E-state index in [4.69, 9.17) is 10.0 Å². The van der Waals surface area contributed by atoms with E-state index >= 15 is 0 Å². The van der Waals surface area contributed by atoms with Crippen LogP contribution < -0.4 is 0 Å². The molecule has 64 valence electrons. The van der Waals surface area contributed by atoms with Crippen molar-refractivity contribution < 1.29 is 10.0 Å². The Morgan fingerprint density at radius 2 is 2.09 bits per heavy atom. The quantitative estimate of drug-likeness (QED) is 0.549. The third-order valence-electron chi connectivity index (χ3n) is 2.35. The minimum absolute atomic E-state index is 0.0324. The lowest BCUT2D eigenvalue weighted by Gasteiger charge is -2.27. The zero-order chi connectivity index (χ0) is 8.43. The topological polar surface area (TPSA) is 43.7 Å². The standard InChI is InChI=1S/C7H16BNO2/c1-6(2)9-5-3-4-7(9)8(10)11/h6-7,10-11H,3-5H2,1-2H3/t7-/m0/s1. The van der Waals surface area contributed by atoms with Gasteiger partial charge in [-0.25, -0.2) is 0 Å². The molecule has 4 heteroatoms. The Labute approximate surface area is 68.2 Å². The molecule has 11 heavy (non-hydrogen) atoms. The minimum atomic E-state index is -1.17. The molecule has 0 bridgehead atoms. The van der Waals surface area contributed by atoms with E-state index < -0.39 is 7.12 Å². The van der Waals surface area contributed by atoms with E-state index in [1.165, 1.54) is 0 Å². The van der Waals surface area contributed by atoms with E-state index in [0.717, 1.165) is 19.4 Å². The van der Waals surface area contributed by atoms with E-state index in [0.29, 0.717) is 6.04 Å². The molecule has 1 saturated heterocycles. The summed E-state index contributed by atoms with van der Waals surface area (Å²) in [5.74, 6) is -0.0324. The van der Waals surface area contributed by atoms with Crippen LogP contribution in [0.2, 0.25) is 0 Å². The van der Waals surface area contributed by atoms with Crippen LogP contribution in [-0.4, -0.2) is 40.6 Å². The normalized spacial score (nSPS) is 26.5. The van der Waals surface area contributed by atoms with Crippen LogP contribution in [0.4, 0.5) is 0 Å². The molecule has 0 aliphatic carbocycles. The van der Waals surface area contributed by atoms with Crippen molar-refractivity contribution >= 4 is 7.12 Å². The highest BCUT2D eigenvalue weighted by Crippen LogP contribution is 2.20. The van der Waals surface area contributed by atoms with Gasteiger partial charge in [-0.3, -0.25) is 4.90 Å². The average Bonchev–Trinajstić information content (AvgIpc) is 2.32. The maximum absolute atomic E-state index is 8.99. The zero-order valence-electron chi connectivity index (χ0n) is 7.20. The molecule has 0 aromatic carbocycles. The molecule has 0 saturated carbocycles. The Hall–Kier alpha value is -0.0551. The van der Waals surface area contributed by atoms with Crippen molar-refractivity contribution in [3.8, 4) is 0 Å². The van der Waals surface area contributed by atoms with Gasteiger partial charge in [-0.2, -0.15) is 0 Å². The maximum atomic E-state index is 8.99. The third kappa shape index (κ3) is 1.95. The zero-order valence-corrected chi connectivity index (χ0v) is 7.20. The molecule has 0 aromatic heterocycles. The summed E-state index contributed by atoms with van der Waals surface area (Å²) in [7, 11) is -1.17. The molecule has 0 radical (unpaired) electrons. The minimum Gasteiger partial charge on any atom is -0.426 e. The fourth-order valence-corrected chi connectivity index (χ4v) is 1.78. The predicted molar refractivity (Wildman–Crippen MR) is 45.1 cm³/mol. The lowest BCUT2D eigenvalue weighted by atomic mass is 9.77. The van der Waals surface area contributed by atoms with Crippen LogP contribution >= 0.6 is 0 Å². The van der Waals surface area contributed by atoms with Gasteiger partial charge in [0.15, 0.2) is 0 Å². The number of hydrogen-bond donors (Lipinski definition) is 2. The Morgan fingerprint density at radius 1 is 1.45 bits per heavy atom. The first-order valence-electron chi connectivity index (χ1n) is 4.25. The Kier molecular flexibility index (Phi) is 2.93. The van der Waals surface area contributed by atoms with Crippen molar-refractivity contribution in [3.63, 3.8) is 0 Å². The van der Waals surface area contributed by atoms with Gasteiger partial charge in [-0.05, 0) is 33.2 Å². The summed E-state index contributed by atoms with van der Waals surface area (Å²) in [6.45, 7) is 5.17. The molecule has 1 atom stereocenters.